The first kappa shape index (κ1) is 18.5. The van der Waals surface area contributed by atoms with E-state index in [0.29, 0.717) is 0 Å². The molecule has 1 rings (SSSR count). The molecule has 0 fully saturated rings. The molecule has 0 aliphatic rings. The molecule has 126 valence electrons. The molecule has 1 aromatic carbocycles. The van der Waals surface area contributed by atoms with Crippen LogP contribution in [0.3, 0.4) is 0 Å². The van der Waals surface area contributed by atoms with Crippen LogP contribution in [0.15, 0.2) is 30.3 Å². The number of carbonyl (C=O) groups is 3. The fourth-order valence-corrected chi connectivity index (χ4v) is 1.73. The van der Waals surface area contributed by atoms with Crippen LogP contribution in [0.2, 0.25) is 0 Å². The van der Waals surface area contributed by atoms with E-state index < -0.39 is 18.0 Å². The molecule has 0 heterocycles. The molecule has 0 atom stereocenters. The van der Waals surface area contributed by atoms with E-state index in [-0.39, 0.29) is 32.7 Å². The molecule has 0 unspecified atom stereocenters. The summed E-state index contributed by atoms with van der Waals surface area (Å²) in [4.78, 5) is 36.0. The standard InChI is InChI=1S/C16H21NO6/c1-3-22-14(18)9-10-17(11-15(19)21-2)16(20)23-12-13-7-5-4-6-8-13/h4-8H,3,9-12H2,1-2H3. The van der Waals surface area contributed by atoms with Crippen LogP contribution in [0, 0.1) is 0 Å². The van der Waals surface area contributed by atoms with Gasteiger partial charge in [-0.05, 0) is 12.5 Å². The maximum Gasteiger partial charge on any atom is 0.410 e. The second-order valence-electron chi connectivity index (χ2n) is 4.59. The van der Waals surface area contributed by atoms with E-state index in [1.54, 1.807) is 6.92 Å². The third-order valence-corrected chi connectivity index (χ3v) is 2.90. The summed E-state index contributed by atoms with van der Waals surface area (Å²) in [5.41, 5.74) is 0.823. The molecular formula is C16H21NO6. The van der Waals surface area contributed by atoms with Crippen molar-refractivity contribution in [1.29, 1.82) is 0 Å². The summed E-state index contributed by atoms with van der Waals surface area (Å²) in [5, 5.41) is 0. The molecule has 0 radical (unpaired) electrons. The van der Waals surface area contributed by atoms with Crippen molar-refractivity contribution in [3.05, 3.63) is 35.9 Å². The number of hydrogen-bond donors (Lipinski definition) is 0. The summed E-state index contributed by atoms with van der Waals surface area (Å²) in [6, 6.07) is 9.15. The Labute approximate surface area is 135 Å². The van der Waals surface area contributed by atoms with Gasteiger partial charge in [0, 0.05) is 6.54 Å². The number of esters is 2. The van der Waals surface area contributed by atoms with Crippen LogP contribution in [0.1, 0.15) is 18.9 Å². The van der Waals surface area contributed by atoms with Gasteiger partial charge in [0.25, 0.3) is 0 Å². The lowest BCUT2D eigenvalue weighted by Crippen LogP contribution is -2.38. The Kier molecular flexibility index (Phi) is 8.20. The van der Waals surface area contributed by atoms with Gasteiger partial charge in [0.05, 0.1) is 20.1 Å². The molecular weight excluding hydrogens is 302 g/mol. The number of hydrogen-bond acceptors (Lipinski definition) is 6. The van der Waals surface area contributed by atoms with Crippen molar-refractivity contribution in [2.24, 2.45) is 0 Å². The van der Waals surface area contributed by atoms with E-state index in [9.17, 15) is 14.4 Å². The predicted molar refractivity (Wildman–Crippen MR) is 81.5 cm³/mol. The average Bonchev–Trinajstić information content (AvgIpc) is 2.57. The van der Waals surface area contributed by atoms with E-state index in [0.717, 1.165) is 10.5 Å². The van der Waals surface area contributed by atoms with Crippen LogP contribution in [-0.4, -0.2) is 49.7 Å². The highest BCUT2D eigenvalue weighted by Gasteiger charge is 2.20. The summed E-state index contributed by atoms with van der Waals surface area (Å²) in [7, 11) is 1.22. The van der Waals surface area contributed by atoms with Crippen molar-refractivity contribution >= 4 is 18.0 Å². The third kappa shape index (κ3) is 7.30. The van der Waals surface area contributed by atoms with E-state index in [1.807, 2.05) is 30.3 Å². The molecule has 0 saturated carbocycles. The van der Waals surface area contributed by atoms with Gasteiger partial charge in [-0.3, -0.25) is 14.5 Å². The second-order valence-corrected chi connectivity index (χ2v) is 4.59. The SMILES string of the molecule is CCOC(=O)CCN(CC(=O)OC)C(=O)OCc1ccccc1. The van der Waals surface area contributed by atoms with Gasteiger partial charge in [0.1, 0.15) is 13.2 Å². The zero-order valence-electron chi connectivity index (χ0n) is 13.3. The summed E-state index contributed by atoms with van der Waals surface area (Å²) >= 11 is 0. The summed E-state index contributed by atoms with van der Waals surface area (Å²) in [6.07, 6.45) is -0.714. The van der Waals surface area contributed by atoms with Crippen LogP contribution >= 0.6 is 0 Å². The molecule has 0 aliphatic heterocycles. The van der Waals surface area contributed by atoms with Crippen LogP contribution in [0.4, 0.5) is 4.79 Å². The molecule has 23 heavy (non-hydrogen) atoms. The van der Waals surface area contributed by atoms with Gasteiger partial charge in [-0.1, -0.05) is 30.3 Å². The van der Waals surface area contributed by atoms with Gasteiger partial charge in [0.2, 0.25) is 0 Å². The number of methoxy groups -OCH3 is 1. The van der Waals surface area contributed by atoms with Gasteiger partial charge in [0.15, 0.2) is 0 Å². The van der Waals surface area contributed by atoms with Crippen molar-refractivity contribution in [2.45, 2.75) is 20.0 Å². The normalized spacial score (nSPS) is 9.83. The lowest BCUT2D eigenvalue weighted by atomic mass is 10.2. The minimum atomic E-state index is -0.691. The molecule has 0 bridgehead atoms. The Morgan fingerprint density at radius 3 is 2.35 bits per heavy atom. The quantitative estimate of drug-likeness (QED) is 0.535. The fraction of sp³-hybridized carbons (Fsp3) is 0.438. The van der Waals surface area contributed by atoms with Crippen LogP contribution < -0.4 is 0 Å². The number of benzene rings is 1. The highest BCUT2D eigenvalue weighted by molar-refractivity contribution is 5.78. The summed E-state index contributed by atoms with van der Waals surface area (Å²) in [6.45, 7) is 1.76. The average molecular weight is 323 g/mol. The van der Waals surface area contributed by atoms with Gasteiger partial charge < -0.3 is 14.2 Å². The fourth-order valence-electron chi connectivity index (χ4n) is 1.73. The molecule has 0 spiro atoms. The topological polar surface area (TPSA) is 82.1 Å². The van der Waals surface area contributed by atoms with Crippen LogP contribution in [-0.2, 0) is 30.4 Å². The Balaban J connectivity index is 2.56. The number of carbonyl (C=O) groups excluding carboxylic acids is 3. The lowest BCUT2D eigenvalue weighted by Gasteiger charge is -2.20. The Hall–Kier alpha value is -2.57. The Bertz CT molecular complexity index is 517. The minimum Gasteiger partial charge on any atom is -0.468 e. The molecule has 7 nitrogen and oxygen atoms in total. The second kappa shape index (κ2) is 10.2. The Morgan fingerprint density at radius 1 is 1.04 bits per heavy atom. The lowest BCUT2D eigenvalue weighted by molar-refractivity contribution is -0.145. The minimum absolute atomic E-state index is 0.0154. The van der Waals surface area contributed by atoms with Gasteiger partial charge in [-0.25, -0.2) is 4.79 Å². The summed E-state index contributed by atoms with van der Waals surface area (Å²) in [5.74, 6) is -1.04. The first-order valence-corrected chi connectivity index (χ1v) is 7.24. The molecule has 0 aromatic heterocycles. The molecule has 1 aromatic rings. The van der Waals surface area contributed by atoms with Gasteiger partial charge in [-0.2, -0.15) is 0 Å². The van der Waals surface area contributed by atoms with Crippen molar-refractivity contribution in [2.75, 3.05) is 26.8 Å². The smallest absolute Gasteiger partial charge is 0.410 e. The molecule has 0 N–H and O–H groups in total. The van der Waals surface area contributed by atoms with Crippen molar-refractivity contribution in [1.82, 2.24) is 4.90 Å². The number of ether oxygens (including phenoxy) is 3. The van der Waals surface area contributed by atoms with Gasteiger partial charge >= 0.3 is 18.0 Å². The number of nitrogens with zero attached hydrogens (tertiary/aromatic N) is 1. The maximum absolute atomic E-state index is 12.1. The van der Waals surface area contributed by atoms with Crippen LogP contribution in [0.5, 0.6) is 0 Å². The largest absolute Gasteiger partial charge is 0.468 e. The predicted octanol–water partition coefficient (Wildman–Crippen LogP) is 1.75. The highest BCUT2D eigenvalue weighted by atomic mass is 16.6. The third-order valence-electron chi connectivity index (χ3n) is 2.90. The molecule has 0 saturated heterocycles. The molecule has 7 heteroatoms. The van der Waals surface area contributed by atoms with Crippen molar-refractivity contribution < 1.29 is 28.6 Å². The first-order valence-electron chi connectivity index (χ1n) is 7.24. The molecule has 0 aliphatic carbocycles. The zero-order chi connectivity index (χ0) is 17.1. The first-order chi connectivity index (χ1) is 11.1. The Morgan fingerprint density at radius 2 is 1.74 bits per heavy atom. The maximum atomic E-state index is 12.1. The highest BCUT2D eigenvalue weighted by Crippen LogP contribution is 2.05. The number of rotatable bonds is 8. The van der Waals surface area contributed by atoms with E-state index >= 15 is 0 Å². The summed E-state index contributed by atoms with van der Waals surface area (Å²) < 4.78 is 14.5. The van der Waals surface area contributed by atoms with Crippen LogP contribution in [0.25, 0.3) is 0 Å². The van der Waals surface area contributed by atoms with Crippen molar-refractivity contribution in [3.8, 4) is 0 Å². The zero-order valence-corrected chi connectivity index (χ0v) is 13.3. The van der Waals surface area contributed by atoms with Crippen molar-refractivity contribution in [3.63, 3.8) is 0 Å². The number of amides is 1. The van der Waals surface area contributed by atoms with Gasteiger partial charge in [-0.15, -0.1) is 0 Å². The van der Waals surface area contributed by atoms with E-state index in [1.165, 1.54) is 7.11 Å². The molecule has 1 amide bonds. The van der Waals surface area contributed by atoms with E-state index in [2.05, 4.69) is 4.74 Å². The monoisotopic (exact) mass is 323 g/mol. The van der Waals surface area contributed by atoms with E-state index in [4.69, 9.17) is 9.47 Å².